The molecule has 1 fully saturated rings. The van der Waals surface area contributed by atoms with Gasteiger partial charge in [-0.1, -0.05) is 18.2 Å². The van der Waals surface area contributed by atoms with Crippen molar-refractivity contribution in [1.82, 2.24) is 14.8 Å². The molecule has 0 spiro atoms. The molecule has 1 aromatic heterocycles. The van der Waals surface area contributed by atoms with Crippen LogP contribution in [0, 0.1) is 0 Å². The Morgan fingerprint density at radius 2 is 1.79 bits per heavy atom. The lowest BCUT2D eigenvalue weighted by molar-refractivity contribution is 0.0765. The zero-order chi connectivity index (χ0) is 19.5. The number of pyridine rings is 1. The molecule has 0 radical (unpaired) electrons. The molecule has 1 aliphatic rings. The van der Waals surface area contributed by atoms with Crippen LogP contribution in [0.4, 0.5) is 0 Å². The minimum atomic E-state index is 0.0867. The zero-order valence-electron chi connectivity index (χ0n) is 16.4. The summed E-state index contributed by atoms with van der Waals surface area (Å²) >= 11 is 0. The van der Waals surface area contributed by atoms with Gasteiger partial charge < -0.3 is 14.5 Å². The van der Waals surface area contributed by atoms with Crippen LogP contribution in [0.1, 0.15) is 16.8 Å². The third-order valence-electron chi connectivity index (χ3n) is 5.34. The van der Waals surface area contributed by atoms with Crippen LogP contribution in [0.2, 0.25) is 0 Å². The molecular formula is C23H25N3O2. The van der Waals surface area contributed by atoms with Crippen molar-refractivity contribution in [3.8, 4) is 17.0 Å². The second-order valence-corrected chi connectivity index (χ2v) is 7.25. The molecule has 0 aliphatic carbocycles. The maximum absolute atomic E-state index is 13.4. The van der Waals surface area contributed by atoms with Crippen LogP contribution in [0.15, 0.2) is 54.6 Å². The van der Waals surface area contributed by atoms with Crippen molar-refractivity contribution in [2.45, 2.75) is 6.42 Å². The van der Waals surface area contributed by atoms with Gasteiger partial charge in [0.2, 0.25) is 0 Å². The standard InChI is InChI=1S/C23H25N3O2/c1-25-12-5-13-26(15-14-25)23(27)20-16-22(17-8-10-18(28-2)11-9-17)24-21-7-4-3-6-19(20)21/h3-4,6-11,16H,5,12-15H2,1-2H3. The first-order valence-corrected chi connectivity index (χ1v) is 9.68. The summed E-state index contributed by atoms with van der Waals surface area (Å²) in [6, 6.07) is 17.6. The first-order chi connectivity index (χ1) is 13.7. The average molecular weight is 375 g/mol. The normalized spacial score (nSPS) is 15.4. The van der Waals surface area contributed by atoms with Gasteiger partial charge >= 0.3 is 0 Å². The van der Waals surface area contributed by atoms with Crippen LogP contribution < -0.4 is 4.74 Å². The lowest BCUT2D eigenvalue weighted by Crippen LogP contribution is -2.34. The highest BCUT2D eigenvalue weighted by atomic mass is 16.5. The molecule has 1 amide bonds. The molecule has 0 bridgehead atoms. The Morgan fingerprint density at radius 3 is 2.57 bits per heavy atom. The highest BCUT2D eigenvalue weighted by molar-refractivity contribution is 6.07. The van der Waals surface area contributed by atoms with Crippen molar-refractivity contribution in [3.05, 3.63) is 60.2 Å². The average Bonchev–Trinajstić information content (AvgIpc) is 2.97. The van der Waals surface area contributed by atoms with E-state index in [0.29, 0.717) is 0 Å². The lowest BCUT2D eigenvalue weighted by Gasteiger charge is -2.22. The molecule has 2 aromatic carbocycles. The lowest BCUT2D eigenvalue weighted by atomic mass is 10.0. The van der Waals surface area contributed by atoms with E-state index in [9.17, 15) is 4.79 Å². The van der Waals surface area contributed by atoms with E-state index in [1.165, 1.54) is 0 Å². The van der Waals surface area contributed by atoms with E-state index in [4.69, 9.17) is 9.72 Å². The summed E-state index contributed by atoms with van der Waals surface area (Å²) in [6.45, 7) is 3.47. The number of nitrogens with zero attached hydrogens (tertiary/aromatic N) is 3. The smallest absolute Gasteiger partial charge is 0.254 e. The molecule has 1 aliphatic heterocycles. The molecule has 0 atom stereocenters. The van der Waals surface area contributed by atoms with E-state index in [1.54, 1.807) is 7.11 Å². The molecule has 3 aromatic rings. The second kappa shape index (κ2) is 7.98. The summed E-state index contributed by atoms with van der Waals surface area (Å²) in [4.78, 5) is 22.5. The summed E-state index contributed by atoms with van der Waals surface area (Å²) < 4.78 is 5.25. The first kappa shape index (κ1) is 18.4. The predicted molar refractivity (Wildman–Crippen MR) is 112 cm³/mol. The van der Waals surface area contributed by atoms with Crippen molar-refractivity contribution in [2.75, 3.05) is 40.3 Å². The van der Waals surface area contributed by atoms with Gasteiger partial charge in [0.1, 0.15) is 5.75 Å². The minimum absolute atomic E-state index is 0.0867. The van der Waals surface area contributed by atoms with Crippen LogP contribution in [0.5, 0.6) is 5.75 Å². The van der Waals surface area contributed by atoms with E-state index in [1.807, 2.05) is 59.5 Å². The number of para-hydroxylation sites is 1. The van der Waals surface area contributed by atoms with Crippen molar-refractivity contribution >= 4 is 16.8 Å². The first-order valence-electron chi connectivity index (χ1n) is 9.68. The third kappa shape index (κ3) is 3.71. The summed E-state index contributed by atoms with van der Waals surface area (Å²) in [5, 5.41) is 0.905. The topological polar surface area (TPSA) is 45.7 Å². The number of ether oxygens (including phenoxy) is 1. The van der Waals surface area contributed by atoms with Gasteiger partial charge in [-0.3, -0.25) is 4.79 Å². The van der Waals surface area contributed by atoms with Gasteiger partial charge in [0.05, 0.1) is 23.9 Å². The zero-order valence-corrected chi connectivity index (χ0v) is 16.4. The van der Waals surface area contributed by atoms with Crippen LogP contribution >= 0.6 is 0 Å². The third-order valence-corrected chi connectivity index (χ3v) is 5.34. The molecule has 5 heteroatoms. The van der Waals surface area contributed by atoms with E-state index >= 15 is 0 Å². The van der Waals surface area contributed by atoms with Crippen molar-refractivity contribution in [3.63, 3.8) is 0 Å². The fourth-order valence-corrected chi connectivity index (χ4v) is 3.68. The molecular weight excluding hydrogens is 350 g/mol. The van der Waals surface area contributed by atoms with E-state index in [-0.39, 0.29) is 5.91 Å². The predicted octanol–water partition coefficient (Wildman–Crippen LogP) is 3.69. The Morgan fingerprint density at radius 1 is 1.00 bits per heavy atom. The molecule has 4 rings (SSSR count). The molecule has 0 unspecified atom stereocenters. The van der Waals surface area contributed by atoms with Crippen molar-refractivity contribution in [2.24, 2.45) is 0 Å². The van der Waals surface area contributed by atoms with Gasteiger partial charge in [0, 0.05) is 30.6 Å². The maximum atomic E-state index is 13.4. The Balaban J connectivity index is 1.76. The fraction of sp³-hybridized carbons (Fsp3) is 0.304. The van der Waals surface area contributed by atoms with Gasteiger partial charge in [-0.25, -0.2) is 4.98 Å². The van der Waals surface area contributed by atoms with Crippen LogP contribution in [-0.2, 0) is 0 Å². The summed E-state index contributed by atoms with van der Waals surface area (Å²) in [5.74, 6) is 0.887. The van der Waals surface area contributed by atoms with E-state index in [2.05, 4.69) is 11.9 Å². The quantitative estimate of drug-likeness (QED) is 0.700. The molecule has 5 nitrogen and oxygen atoms in total. The molecule has 0 saturated carbocycles. The molecule has 0 N–H and O–H groups in total. The van der Waals surface area contributed by atoms with Gasteiger partial charge in [0.25, 0.3) is 5.91 Å². The summed E-state index contributed by atoms with van der Waals surface area (Å²) in [7, 11) is 3.76. The number of rotatable bonds is 3. The highest BCUT2D eigenvalue weighted by Crippen LogP contribution is 2.27. The number of hydrogen-bond donors (Lipinski definition) is 0. The fourth-order valence-electron chi connectivity index (χ4n) is 3.68. The number of carbonyl (C=O) groups excluding carboxylic acids is 1. The van der Waals surface area contributed by atoms with Gasteiger partial charge in [-0.05, 0) is 56.4 Å². The number of benzene rings is 2. The minimum Gasteiger partial charge on any atom is -0.497 e. The number of aromatic nitrogens is 1. The SMILES string of the molecule is COc1ccc(-c2cc(C(=O)N3CCCN(C)CC3)c3ccccc3n2)cc1. The summed E-state index contributed by atoms with van der Waals surface area (Å²) in [6.07, 6.45) is 0.997. The molecule has 144 valence electrons. The number of fused-ring (bicyclic) bond motifs is 1. The van der Waals surface area contributed by atoms with Crippen LogP contribution in [0.25, 0.3) is 22.2 Å². The number of hydrogen-bond acceptors (Lipinski definition) is 4. The van der Waals surface area contributed by atoms with Gasteiger partial charge in [-0.2, -0.15) is 0 Å². The van der Waals surface area contributed by atoms with E-state index < -0.39 is 0 Å². The second-order valence-electron chi connectivity index (χ2n) is 7.25. The molecule has 1 saturated heterocycles. The van der Waals surface area contributed by atoms with Crippen LogP contribution in [0.3, 0.4) is 0 Å². The number of likely N-dealkylation sites (N-methyl/N-ethyl adjacent to an activating group) is 1. The molecule has 2 heterocycles. The number of methoxy groups -OCH3 is 1. The van der Waals surface area contributed by atoms with Gasteiger partial charge in [-0.15, -0.1) is 0 Å². The number of amides is 1. The maximum Gasteiger partial charge on any atom is 0.254 e. The van der Waals surface area contributed by atoms with Crippen molar-refractivity contribution in [1.29, 1.82) is 0 Å². The van der Waals surface area contributed by atoms with E-state index in [0.717, 1.165) is 66.1 Å². The Hall–Kier alpha value is -2.92. The largest absolute Gasteiger partial charge is 0.497 e. The highest BCUT2D eigenvalue weighted by Gasteiger charge is 2.22. The number of carbonyl (C=O) groups is 1. The van der Waals surface area contributed by atoms with Gasteiger partial charge in [0.15, 0.2) is 0 Å². The molecule has 28 heavy (non-hydrogen) atoms. The summed E-state index contributed by atoms with van der Waals surface area (Å²) in [5.41, 5.74) is 3.33. The van der Waals surface area contributed by atoms with Crippen molar-refractivity contribution < 1.29 is 9.53 Å². The Kier molecular flexibility index (Phi) is 5.26. The van der Waals surface area contributed by atoms with Crippen LogP contribution in [-0.4, -0.2) is 61.0 Å². The Bertz CT molecular complexity index is 985. The Labute approximate surface area is 165 Å². The monoisotopic (exact) mass is 375 g/mol.